The number of rotatable bonds is 5. The zero-order chi connectivity index (χ0) is 19.7. The van der Waals surface area contributed by atoms with Crippen molar-refractivity contribution in [2.45, 2.75) is 25.4 Å². The molecule has 1 aliphatic rings. The van der Waals surface area contributed by atoms with E-state index in [-0.39, 0.29) is 18.0 Å². The molecule has 8 nitrogen and oxygen atoms in total. The van der Waals surface area contributed by atoms with Crippen LogP contribution in [0.4, 0.5) is 11.8 Å². The van der Waals surface area contributed by atoms with E-state index in [4.69, 9.17) is 21.9 Å². The molecule has 28 heavy (non-hydrogen) atoms. The minimum atomic E-state index is -0.198. The van der Waals surface area contributed by atoms with E-state index in [1.165, 1.54) is 0 Å². The molecular weight excluding hydrogens is 380 g/mol. The van der Waals surface area contributed by atoms with Crippen molar-refractivity contribution in [3.63, 3.8) is 0 Å². The highest BCUT2D eigenvalue weighted by Crippen LogP contribution is 2.26. The van der Waals surface area contributed by atoms with Crippen molar-refractivity contribution in [3.8, 4) is 11.3 Å². The number of halogens is 1. The number of carbonyl (C=O) groups is 1. The van der Waals surface area contributed by atoms with Crippen LogP contribution < -0.4 is 16.0 Å². The topological polar surface area (TPSA) is 110 Å². The first-order chi connectivity index (χ1) is 13.5. The zero-order valence-electron chi connectivity index (χ0n) is 15.2. The molecule has 4 rings (SSSR count). The fourth-order valence-corrected chi connectivity index (χ4v) is 3.16. The van der Waals surface area contributed by atoms with Crippen LogP contribution in [0.15, 0.2) is 47.1 Å². The van der Waals surface area contributed by atoms with E-state index in [1.54, 1.807) is 29.3 Å². The highest BCUT2D eigenvalue weighted by molar-refractivity contribution is 6.30. The Bertz CT molecular complexity index is 990. The van der Waals surface area contributed by atoms with Crippen LogP contribution in [0.1, 0.15) is 25.1 Å². The van der Waals surface area contributed by atoms with Gasteiger partial charge in [-0.3, -0.25) is 9.69 Å². The maximum atomic E-state index is 12.0. The molecule has 0 radical (unpaired) electrons. The van der Waals surface area contributed by atoms with E-state index in [2.05, 4.69) is 20.4 Å². The summed E-state index contributed by atoms with van der Waals surface area (Å²) >= 11 is 5.92. The van der Waals surface area contributed by atoms with Gasteiger partial charge in [0.25, 0.3) is 0 Å². The second kappa shape index (κ2) is 7.57. The second-order valence-corrected chi connectivity index (χ2v) is 7.13. The fourth-order valence-electron chi connectivity index (χ4n) is 3.04. The van der Waals surface area contributed by atoms with Gasteiger partial charge < -0.3 is 15.6 Å². The van der Waals surface area contributed by atoms with Crippen LogP contribution in [-0.4, -0.2) is 33.6 Å². The van der Waals surface area contributed by atoms with Gasteiger partial charge in [0.1, 0.15) is 11.5 Å². The number of nitrogens with two attached hydrogens (primary N) is 1. The van der Waals surface area contributed by atoms with E-state index < -0.39 is 0 Å². The normalized spacial score (nSPS) is 17.8. The quantitative estimate of drug-likeness (QED) is 0.679. The molecule has 3 N–H and O–H groups in total. The lowest BCUT2D eigenvalue weighted by atomic mass is 10.1. The van der Waals surface area contributed by atoms with E-state index in [0.717, 1.165) is 5.56 Å². The monoisotopic (exact) mass is 398 g/mol. The van der Waals surface area contributed by atoms with Gasteiger partial charge in [-0.15, -0.1) is 0 Å². The molecule has 0 saturated carbocycles. The molecule has 144 valence electrons. The van der Waals surface area contributed by atoms with Crippen molar-refractivity contribution in [2.75, 3.05) is 16.8 Å². The van der Waals surface area contributed by atoms with Crippen molar-refractivity contribution in [1.82, 2.24) is 15.1 Å². The SMILES string of the molecule is C[C@H](Nc1nccc(N2CC(N)CC2=O)n1)c1cc(-c2ccc(Cl)cc2)on1. The fraction of sp³-hybridized carbons (Fsp3) is 0.263. The molecule has 3 heterocycles. The van der Waals surface area contributed by atoms with Crippen LogP contribution in [0.3, 0.4) is 0 Å². The number of nitrogens with zero attached hydrogens (tertiary/aromatic N) is 4. The average Bonchev–Trinajstić information content (AvgIpc) is 3.29. The minimum absolute atomic E-state index is 0.0330. The first kappa shape index (κ1) is 18.4. The Kier molecular flexibility index (Phi) is 4.97. The molecule has 0 bridgehead atoms. The molecule has 0 aliphatic carbocycles. The van der Waals surface area contributed by atoms with Crippen LogP contribution in [0, 0.1) is 0 Å². The molecule has 1 amide bonds. The van der Waals surface area contributed by atoms with E-state index in [1.807, 2.05) is 25.1 Å². The van der Waals surface area contributed by atoms with Crippen molar-refractivity contribution in [1.29, 1.82) is 0 Å². The molecule has 1 fully saturated rings. The molecular formula is C19H19ClN6O2. The van der Waals surface area contributed by atoms with Gasteiger partial charge in [-0.1, -0.05) is 16.8 Å². The summed E-state index contributed by atoms with van der Waals surface area (Å²) in [4.78, 5) is 22.3. The largest absolute Gasteiger partial charge is 0.356 e. The van der Waals surface area contributed by atoms with E-state index in [0.29, 0.717) is 41.2 Å². The third kappa shape index (κ3) is 3.83. The number of nitrogens with one attached hydrogen (secondary N) is 1. The summed E-state index contributed by atoms with van der Waals surface area (Å²) in [6.07, 6.45) is 1.94. The molecule has 3 aromatic rings. The number of aromatic nitrogens is 3. The Balaban J connectivity index is 1.48. The zero-order valence-corrected chi connectivity index (χ0v) is 15.9. The summed E-state index contributed by atoms with van der Waals surface area (Å²) in [7, 11) is 0. The highest BCUT2D eigenvalue weighted by Gasteiger charge is 2.29. The van der Waals surface area contributed by atoms with Gasteiger partial charge in [0.05, 0.1) is 6.04 Å². The van der Waals surface area contributed by atoms with Crippen molar-refractivity contribution < 1.29 is 9.32 Å². The lowest BCUT2D eigenvalue weighted by Gasteiger charge is -2.16. The summed E-state index contributed by atoms with van der Waals surface area (Å²) in [5.41, 5.74) is 7.45. The Morgan fingerprint density at radius 2 is 2.11 bits per heavy atom. The number of amides is 1. The number of benzene rings is 1. The summed E-state index contributed by atoms with van der Waals surface area (Å²) in [6, 6.07) is 10.5. The van der Waals surface area contributed by atoms with E-state index in [9.17, 15) is 4.79 Å². The Hall–Kier alpha value is -2.97. The first-order valence-corrected chi connectivity index (χ1v) is 9.25. The van der Waals surface area contributed by atoms with Crippen molar-refractivity contribution >= 4 is 29.3 Å². The van der Waals surface area contributed by atoms with Crippen LogP contribution in [-0.2, 0) is 4.79 Å². The lowest BCUT2D eigenvalue weighted by molar-refractivity contribution is -0.117. The van der Waals surface area contributed by atoms with Crippen molar-refractivity contribution in [2.24, 2.45) is 5.73 Å². The van der Waals surface area contributed by atoms with Crippen molar-refractivity contribution in [3.05, 3.63) is 53.3 Å². The van der Waals surface area contributed by atoms with Crippen LogP contribution in [0.5, 0.6) is 0 Å². The number of carbonyl (C=O) groups excluding carboxylic acids is 1. The first-order valence-electron chi connectivity index (χ1n) is 8.87. The number of hydrogen-bond donors (Lipinski definition) is 2. The number of hydrogen-bond acceptors (Lipinski definition) is 7. The number of anilines is 2. The second-order valence-electron chi connectivity index (χ2n) is 6.70. The predicted octanol–water partition coefficient (Wildman–Crippen LogP) is 3.02. The van der Waals surface area contributed by atoms with Gasteiger partial charge in [0.2, 0.25) is 11.9 Å². The van der Waals surface area contributed by atoms with E-state index >= 15 is 0 Å². The Labute approximate surface area is 166 Å². The summed E-state index contributed by atoms with van der Waals surface area (Å²) in [5, 5.41) is 7.97. The molecule has 0 spiro atoms. The van der Waals surface area contributed by atoms with Crippen LogP contribution >= 0.6 is 11.6 Å². The van der Waals surface area contributed by atoms with Gasteiger partial charge >= 0.3 is 0 Å². The summed E-state index contributed by atoms with van der Waals surface area (Å²) in [6.45, 7) is 2.38. The summed E-state index contributed by atoms with van der Waals surface area (Å²) < 4.78 is 5.44. The molecule has 1 aromatic carbocycles. The van der Waals surface area contributed by atoms with Gasteiger partial charge in [-0.05, 0) is 37.3 Å². The van der Waals surface area contributed by atoms with Crippen LogP contribution in [0.2, 0.25) is 5.02 Å². The van der Waals surface area contributed by atoms with Gasteiger partial charge in [-0.2, -0.15) is 4.98 Å². The molecule has 1 saturated heterocycles. The highest BCUT2D eigenvalue weighted by atomic mass is 35.5. The molecule has 1 aliphatic heterocycles. The maximum absolute atomic E-state index is 12.0. The Morgan fingerprint density at radius 3 is 2.82 bits per heavy atom. The molecule has 2 atom stereocenters. The standard InChI is InChI=1S/C19H19ClN6O2/c1-11(15-9-16(28-25-15)12-2-4-13(20)5-3-12)23-19-22-7-6-17(24-19)26-10-14(21)8-18(26)27/h2-7,9,11,14H,8,10,21H2,1H3,(H,22,23,24)/t11-,14?/m0/s1. The third-order valence-corrected chi connectivity index (χ3v) is 4.77. The predicted molar refractivity (Wildman–Crippen MR) is 106 cm³/mol. The lowest BCUT2D eigenvalue weighted by Crippen LogP contribution is -2.29. The van der Waals surface area contributed by atoms with Gasteiger partial charge in [-0.25, -0.2) is 4.98 Å². The minimum Gasteiger partial charge on any atom is -0.356 e. The smallest absolute Gasteiger partial charge is 0.229 e. The van der Waals surface area contributed by atoms with Crippen LogP contribution in [0.25, 0.3) is 11.3 Å². The third-order valence-electron chi connectivity index (χ3n) is 4.52. The summed E-state index contributed by atoms with van der Waals surface area (Å²) in [5.74, 6) is 1.54. The molecule has 1 unspecified atom stereocenters. The maximum Gasteiger partial charge on any atom is 0.229 e. The van der Waals surface area contributed by atoms with Gasteiger partial charge in [0, 0.05) is 41.9 Å². The average molecular weight is 399 g/mol. The molecule has 2 aromatic heterocycles. The van der Waals surface area contributed by atoms with Gasteiger partial charge in [0.15, 0.2) is 5.76 Å². The molecule has 9 heteroatoms. The Morgan fingerprint density at radius 1 is 1.32 bits per heavy atom.